The molecule has 1 heterocycles. The number of ether oxygens (including phenoxy) is 2. The molecule has 3 aromatic rings. The fourth-order valence-corrected chi connectivity index (χ4v) is 3.89. The summed E-state index contributed by atoms with van der Waals surface area (Å²) in [6, 6.07) is 13.1. The Kier molecular flexibility index (Phi) is 6.50. The van der Waals surface area contributed by atoms with Crippen LogP contribution in [0.2, 0.25) is 0 Å². The van der Waals surface area contributed by atoms with E-state index >= 15 is 0 Å². The maximum absolute atomic E-state index is 12.7. The summed E-state index contributed by atoms with van der Waals surface area (Å²) in [5, 5.41) is 3.20. The standard InChI is InChI=1S/C21H25N5O4S/c1-14-22-20(13-21(23-14)26(2)3)24-15-6-8-16(9-7-15)25-31(27,28)17-10-11-18(29-4)19(12-17)30-5/h6-13,25H,1-5H3,(H,22,23,24). The molecule has 0 aliphatic carbocycles. The fraction of sp³-hybridized carbons (Fsp3) is 0.238. The number of rotatable bonds is 8. The van der Waals surface area contributed by atoms with Gasteiger partial charge in [-0.05, 0) is 43.3 Å². The smallest absolute Gasteiger partial charge is 0.262 e. The lowest BCUT2D eigenvalue weighted by Gasteiger charge is -2.14. The Labute approximate surface area is 182 Å². The first-order valence-corrected chi connectivity index (χ1v) is 10.8. The lowest BCUT2D eigenvalue weighted by molar-refractivity contribution is 0.354. The Morgan fingerprint density at radius 3 is 2.13 bits per heavy atom. The van der Waals surface area contributed by atoms with Gasteiger partial charge in [-0.1, -0.05) is 0 Å². The summed E-state index contributed by atoms with van der Waals surface area (Å²) in [6.07, 6.45) is 0. The molecule has 0 fully saturated rings. The molecule has 2 aromatic carbocycles. The van der Waals surface area contributed by atoms with Crippen LogP contribution in [-0.4, -0.2) is 46.7 Å². The topological polar surface area (TPSA) is 106 Å². The Morgan fingerprint density at radius 2 is 1.52 bits per heavy atom. The largest absolute Gasteiger partial charge is 0.493 e. The van der Waals surface area contributed by atoms with Crippen molar-refractivity contribution >= 4 is 33.0 Å². The van der Waals surface area contributed by atoms with Crippen LogP contribution in [0.4, 0.5) is 23.0 Å². The highest BCUT2D eigenvalue weighted by atomic mass is 32.2. The first-order chi connectivity index (χ1) is 14.7. The summed E-state index contributed by atoms with van der Waals surface area (Å²) in [4.78, 5) is 10.7. The monoisotopic (exact) mass is 443 g/mol. The van der Waals surface area contributed by atoms with Gasteiger partial charge in [0, 0.05) is 37.6 Å². The Balaban J connectivity index is 1.76. The van der Waals surface area contributed by atoms with Crippen molar-refractivity contribution in [1.29, 1.82) is 0 Å². The number of sulfonamides is 1. The number of hydrogen-bond donors (Lipinski definition) is 2. The lowest BCUT2D eigenvalue weighted by Crippen LogP contribution is -2.13. The van der Waals surface area contributed by atoms with Crippen LogP contribution >= 0.6 is 0 Å². The third kappa shape index (κ3) is 5.34. The summed E-state index contributed by atoms with van der Waals surface area (Å²) in [7, 11) is 2.96. The van der Waals surface area contributed by atoms with Gasteiger partial charge in [0.15, 0.2) is 11.5 Å². The second kappa shape index (κ2) is 9.09. The van der Waals surface area contributed by atoms with Crippen LogP contribution in [-0.2, 0) is 10.0 Å². The van der Waals surface area contributed by atoms with Crippen LogP contribution in [0.3, 0.4) is 0 Å². The number of aryl methyl sites for hydroxylation is 1. The molecular formula is C21H25N5O4S. The van der Waals surface area contributed by atoms with Crippen LogP contribution in [0.25, 0.3) is 0 Å². The van der Waals surface area contributed by atoms with E-state index in [2.05, 4.69) is 20.0 Å². The Morgan fingerprint density at radius 1 is 0.871 bits per heavy atom. The SMILES string of the molecule is COc1ccc(S(=O)(=O)Nc2ccc(Nc3cc(N(C)C)nc(C)n3)cc2)cc1OC. The van der Waals surface area contributed by atoms with E-state index < -0.39 is 10.0 Å². The third-order valence-corrected chi connectivity index (χ3v) is 5.74. The minimum Gasteiger partial charge on any atom is -0.493 e. The summed E-state index contributed by atoms with van der Waals surface area (Å²) in [6.45, 7) is 1.82. The maximum atomic E-state index is 12.7. The van der Waals surface area contributed by atoms with Crippen molar-refractivity contribution in [3.8, 4) is 11.5 Å². The van der Waals surface area contributed by atoms with Crippen molar-refractivity contribution in [1.82, 2.24) is 9.97 Å². The average Bonchev–Trinajstić information content (AvgIpc) is 2.74. The van der Waals surface area contributed by atoms with Crippen LogP contribution in [0, 0.1) is 6.92 Å². The van der Waals surface area contributed by atoms with E-state index in [4.69, 9.17) is 9.47 Å². The number of aromatic nitrogens is 2. The lowest BCUT2D eigenvalue weighted by atomic mass is 10.3. The molecule has 0 saturated carbocycles. The molecule has 0 atom stereocenters. The normalized spacial score (nSPS) is 11.0. The first kappa shape index (κ1) is 22.2. The molecule has 0 amide bonds. The molecule has 3 rings (SSSR count). The molecule has 9 nitrogen and oxygen atoms in total. The van der Waals surface area contributed by atoms with Gasteiger partial charge in [0.1, 0.15) is 17.5 Å². The molecule has 0 aliphatic heterocycles. The van der Waals surface area contributed by atoms with E-state index in [9.17, 15) is 8.42 Å². The van der Waals surface area contributed by atoms with Gasteiger partial charge < -0.3 is 19.7 Å². The number of anilines is 4. The molecule has 0 spiro atoms. The molecule has 0 radical (unpaired) electrons. The van der Waals surface area contributed by atoms with Crippen molar-refractivity contribution in [2.24, 2.45) is 0 Å². The fourth-order valence-electron chi connectivity index (χ4n) is 2.81. The van der Waals surface area contributed by atoms with E-state index in [-0.39, 0.29) is 4.90 Å². The molecule has 1 aromatic heterocycles. The van der Waals surface area contributed by atoms with Crippen molar-refractivity contribution in [3.63, 3.8) is 0 Å². The quantitative estimate of drug-likeness (QED) is 0.546. The van der Waals surface area contributed by atoms with Gasteiger partial charge in [0.25, 0.3) is 10.0 Å². The zero-order valence-electron chi connectivity index (χ0n) is 18.0. The average molecular weight is 444 g/mol. The van der Waals surface area contributed by atoms with Gasteiger partial charge in [-0.15, -0.1) is 0 Å². The molecule has 0 saturated heterocycles. The second-order valence-corrected chi connectivity index (χ2v) is 8.56. The van der Waals surface area contributed by atoms with Gasteiger partial charge in [-0.25, -0.2) is 18.4 Å². The molecule has 164 valence electrons. The minimum atomic E-state index is -3.80. The Bertz CT molecular complexity index is 1160. The minimum absolute atomic E-state index is 0.0695. The third-order valence-electron chi connectivity index (χ3n) is 4.36. The van der Waals surface area contributed by atoms with Gasteiger partial charge in [-0.3, -0.25) is 4.72 Å². The second-order valence-electron chi connectivity index (χ2n) is 6.88. The zero-order chi connectivity index (χ0) is 22.6. The predicted molar refractivity (Wildman–Crippen MR) is 121 cm³/mol. The highest BCUT2D eigenvalue weighted by molar-refractivity contribution is 7.92. The Hall–Kier alpha value is -3.53. The van der Waals surface area contributed by atoms with Gasteiger partial charge in [0.05, 0.1) is 19.1 Å². The number of hydrogen-bond acceptors (Lipinski definition) is 8. The molecule has 0 unspecified atom stereocenters. The van der Waals surface area contributed by atoms with E-state index in [1.54, 1.807) is 30.3 Å². The van der Waals surface area contributed by atoms with Crippen LogP contribution in [0.1, 0.15) is 5.82 Å². The molecule has 31 heavy (non-hydrogen) atoms. The van der Waals surface area contributed by atoms with Gasteiger partial charge in [-0.2, -0.15) is 0 Å². The van der Waals surface area contributed by atoms with Gasteiger partial charge >= 0.3 is 0 Å². The summed E-state index contributed by atoms with van der Waals surface area (Å²) < 4.78 is 38.4. The highest BCUT2D eigenvalue weighted by Gasteiger charge is 2.17. The molecule has 2 N–H and O–H groups in total. The number of nitrogens with zero attached hydrogens (tertiary/aromatic N) is 3. The highest BCUT2D eigenvalue weighted by Crippen LogP contribution is 2.30. The van der Waals surface area contributed by atoms with Crippen molar-refractivity contribution in [2.45, 2.75) is 11.8 Å². The predicted octanol–water partition coefficient (Wildman–Crippen LogP) is 3.41. The summed E-state index contributed by atoms with van der Waals surface area (Å²) >= 11 is 0. The van der Waals surface area contributed by atoms with Gasteiger partial charge in [0.2, 0.25) is 0 Å². The number of methoxy groups -OCH3 is 2. The zero-order valence-corrected chi connectivity index (χ0v) is 18.8. The van der Waals surface area contributed by atoms with E-state index in [1.165, 1.54) is 26.4 Å². The number of nitrogens with one attached hydrogen (secondary N) is 2. The molecule has 0 bridgehead atoms. The van der Waals surface area contributed by atoms with E-state index in [0.717, 1.165) is 11.5 Å². The molecule has 10 heteroatoms. The van der Waals surface area contributed by atoms with Crippen molar-refractivity contribution < 1.29 is 17.9 Å². The van der Waals surface area contributed by atoms with Crippen molar-refractivity contribution in [3.05, 3.63) is 54.4 Å². The number of benzene rings is 2. The van der Waals surface area contributed by atoms with Crippen LogP contribution in [0.5, 0.6) is 11.5 Å². The van der Waals surface area contributed by atoms with E-state index in [1.807, 2.05) is 32.0 Å². The van der Waals surface area contributed by atoms with Crippen molar-refractivity contribution in [2.75, 3.05) is 43.3 Å². The molecule has 0 aliphatic rings. The molecular weight excluding hydrogens is 418 g/mol. The first-order valence-electron chi connectivity index (χ1n) is 9.37. The maximum Gasteiger partial charge on any atom is 0.262 e. The summed E-state index contributed by atoms with van der Waals surface area (Å²) in [5.41, 5.74) is 1.19. The van der Waals surface area contributed by atoms with E-state index in [0.29, 0.717) is 28.8 Å². The summed E-state index contributed by atoms with van der Waals surface area (Å²) in [5.74, 6) is 2.87. The van der Waals surface area contributed by atoms with Crippen LogP contribution < -0.4 is 24.4 Å². The van der Waals surface area contributed by atoms with Crippen LogP contribution in [0.15, 0.2) is 53.4 Å².